The summed E-state index contributed by atoms with van der Waals surface area (Å²) in [5.41, 5.74) is 2.15. The maximum atomic E-state index is 12.4. The number of hydrogen-bond donors (Lipinski definition) is 4. The Kier molecular flexibility index (Phi) is 9.87. The Labute approximate surface area is 199 Å². The second kappa shape index (κ2) is 13.3. The van der Waals surface area contributed by atoms with Crippen molar-refractivity contribution < 1.29 is 23.9 Å². The van der Waals surface area contributed by atoms with Crippen LogP contribution >= 0.6 is 0 Å². The Hall–Kier alpha value is -3.43. The molecule has 0 bridgehead atoms. The molecule has 1 atom stereocenters. The number of amides is 3. The Bertz CT molecular complexity index is 975. The van der Waals surface area contributed by atoms with E-state index >= 15 is 0 Å². The van der Waals surface area contributed by atoms with Gasteiger partial charge in [0, 0.05) is 55.9 Å². The molecule has 0 radical (unpaired) electrons. The molecule has 9 heteroatoms. The average Bonchev–Trinajstić information content (AvgIpc) is 3.38. The minimum Gasteiger partial charge on any atom is -0.385 e. The van der Waals surface area contributed by atoms with Gasteiger partial charge in [0.2, 0.25) is 5.91 Å². The van der Waals surface area contributed by atoms with Crippen LogP contribution in [0.4, 0.5) is 11.4 Å². The average molecular weight is 469 g/mol. The summed E-state index contributed by atoms with van der Waals surface area (Å²) in [6, 6.07) is 13.7. The molecule has 0 aromatic heterocycles. The molecule has 1 aliphatic rings. The van der Waals surface area contributed by atoms with Gasteiger partial charge in [0.25, 0.3) is 11.8 Å². The SMILES string of the molecule is COCCCNC(=O)c1cccc(NC(=O)CNc2cccc(C(=O)NCC3CCCO3)c2)c1. The van der Waals surface area contributed by atoms with Crippen LogP contribution in [0.1, 0.15) is 40.0 Å². The molecule has 0 spiro atoms. The normalized spacial score (nSPS) is 14.9. The Morgan fingerprint density at radius 3 is 2.41 bits per heavy atom. The summed E-state index contributed by atoms with van der Waals surface area (Å²) in [6.45, 7) is 2.33. The Morgan fingerprint density at radius 1 is 1.00 bits per heavy atom. The number of carbonyl (C=O) groups excluding carboxylic acids is 3. The molecule has 182 valence electrons. The number of rotatable bonds is 12. The van der Waals surface area contributed by atoms with E-state index in [0.29, 0.717) is 42.2 Å². The molecule has 1 heterocycles. The third kappa shape index (κ3) is 8.17. The summed E-state index contributed by atoms with van der Waals surface area (Å²) in [5, 5.41) is 11.5. The van der Waals surface area contributed by atoms with Gasteiger partial charge in [-0.05, 0) is 55.7 Å². The molecule has 1 aliphatic heterocycles. The molecule has 2 aromatic carbocycles. The van der Waals surface area contributed by atoms with Crippen LogP contribution in [0.3, 0.4) is 0 Å². The molecule has 34 heavy (non-hydrogen) atoms. The van der Waals surface area contributed by atoms with Gasteiger partial charge in [-0.1, -0.05) is 12.1 Å². The van der Waals surface area contributed by atoms with Crippen molar-refractivity contribution in [1.29, 1.82) is 0 Å². The maximum absolute atomic E-state index is 12.4. The second-order valence-electron chi connectivity index (χ2n) is 8.01. The quantitative estimate of drug-likeness (QED) is 0.356. The first-order chi connectivity index (χ1) is 16.5. The third-order valence-electron chi connectivity index (χ3n) is 5.31. The van der Waals surface area contributed by atoms with Gasteiger partial charge < -0.3 is 30.7 Å². The van der Waals surface area contributed by atoms with Crippen LogP contribution in [0.25, 0.3) is 0 Å². The number of benzene rings is 2. The van der Waals surface area contributed by atoms with E-state index in [9.17, 15) is 14.4 Å². The number of ether oxygens (including phenoxy) is 2. The molecule has 1 saturated heterocycles. The van der Waals surface area contributed by atoms with E-state index in [1.165, 1.54) is 0 Å². The molecule has 0 saturated carbocycles. The van der Waals surface area contributed by atoms with Crippen LogP contribution in [-0.2, 0) is 14.3 Å². The molecule has 3 amide bonds. The zero-order valence-electron chi connectivity index (χ0n) is 19.4. The van der Waals surface area contributed by atoms with Crippen LogP contribution in [0.5, 0.6) is 0 Å². The van der Waals surface area contributed by atoms with Gasteiger partial charge in [-0.3, -0.25) is 14.4 Å². The van der Waals surface area contributed by atoms with Crippen molar-refractivity contribution in [1.82, 2.24) is 10.6 Å². The predicted molar refractivity (Wildman–Crippen MR) is 130 cm³/mol. The summed E-state index contributed by atoms with van der Waals surface area (Å²) in [5.74, 6) is -0.660. The third-order valence-corrected chi connectivity index (χ3v) is 5.31. The number of carbonyl (C=O) groups is 3. The van der Waals surface area contributed by atoms with Crippen molar-refractivity contribution in [2.45, 2.75) is 25.4 Å². The highest BCUT2D eigenvalue weighted by atomic mass is 16.5. The summed E-state index contributed by atoms with van der Waals surface area (Å²) in [6.07, 6.45) is 2.78. The molecule has 4 N–H and O–H groups in total. The fourth-order valence-corrected chi connectivity index (χ4v) is 3.53. The van der Waals surface area contributed by atoms with Gasteiger partial charge in [0.15, 0.2) is 0 Å². The summed E-state index contributed by atoms with van der Waals surface area (Å²) in [4.78, 5) is 37.1. The van der Waals surface area contributed by atoms with Gasteiger partial charge in [-0.15, -0.1) is 0 Å². The van der Waals surface area contributed by atoms with E-state index in [-0.39, 0.29) is 30.4 Å². The highest BCUT2D eigenvalue weighted by molar-refractivity contribution is 5.98. The Morgan fingerprint density at radius 2 is 1.71 bits per heavy atom. The minimum absolute atomic E-state index is 0.00836. The summed E-state index contributed by atoms with van der Waals surface area (Å²) in [7, 11) is 1.62. The smallest absolute Gasteiger partial charge is 0.251 e. The Balaban J connectivity index is 1.46. The van der Waals surface area contributed by atoms with Crippen LogP contribution in [0, 0.1) is 0 Å². The molecule has 0 aliphatic carbocycles. The van der Waals surface area contributed by atoms with E-state index in [0.717, 1.165) is 25.9 Å². The first kappa shape index (κ1) is 25.2. The highest BCUT2D eigenvalue weighted by Gasteiger charge is 2.17. The standard InChI is InChI=1S/C25H32N4O5/c1-33-12-5-11-26-24(31)19-7-3-9-21(15-19)29-23(30)17-27-20-8-2-6-18(14-20)25(32)28-16-22-10-4-13-34-22/h2-3,6-9,14-15,22,27H,4-5,10-13,16-17H2,1H3,(H,26,31)(H,28,32)(H,29,30). The summed E-state index contributed by atoms with van der Waals surface area (Å²) >= 11 is 0. The van der Waals surface area contributed by atoms with Crippen LogP contribution in [0.15, 0.2) is 48.5 Å². The molecular formula is C25H32N4O5. The fraction of sp³-hybridized carbons (Fsp3) is 0.400. The van der Waals surface area contributed by atoms with Crippen molar-refractivity contribution in [2.24, 2.45) is 0 Å². The van der Waals surface area contributed by atoms with Crippen molar-refractivity contribution in [3.05, 3.63) is 59.7 Å². The topological polar surface area (TPSA) is 118 Å². The number of methoxy groups -OCH3 is 1. The number of nitrogens with one attached hydrogen (secondary N) is 4. The van der Waals surface area contributed by atoms with Crippen molar-refractivity contribution in [2.75, 3.05) is 50.6 Å². The lowest BCUT2D eigenvalue weighted by molar-refractivity contribution is -0.114. The number of anilines is 2. The van der Waals surface area contributed by atoms with Gasteiger partial charge in [0.1, 0.15) is 0 Å². The number of hydrogen-bond acceptors (Lipinski definition) is 6. The largest absolute Gasteiger partial charge is 0.385 e. The minimum atomic E-state index is -0.272. The van der Waals surface area contributed by atoms with E-state index in [1.807, 2.05) is 0 Å². The zero-order valence-corrected chi connectivity index (χ0v) is 19.4. The van der Waals surface area contributed by atoms with E-state index < -0.39 is 0 Å². The molecule has 1 fully saturated rings. The monoisotopic (exact) mass is 468 g/mol. The van der Waals surface area contributed by atoms with E-state index in [4.69, 9.17) is 9.47 Å². The first-order valence-electron chi connectivity index (χ1n) is 11.5. The van der Waals surface area contributed by atoms with Gasteiger partial charge in [0.05, 0.1) is 12.6 Å². The fourth-order valence-electron chi connectivity index (χ4n) is 3.53. The van der Waals surface area contributed by atoms with Crippen molar-refractivity contribution in [3.63, 3.8) is 0 Å². The molecule has 3 rings (SSSR count). The summed E-state index contributed by atoms with van der Waals surface area (Å²) < 4.78 is 10.5. The lowest BCUT2D eigenvalue weighted by Gasteiger charge is -2.12. The second-order valence-corrected chi connectivity index (χ2v) is 8.01. The van der Waals surface area contributed by atoms with Crippen LogP contribution < -0.4 is 21.3 Å². The van der Waals surface area contributed by atoms with Crippen LogP contribution in [0.2, 0.25) is 0 Å². The molecule has 9 nitrogen and oxygen atoms in total. The van der Waals surface area contributed by atoms with E-state index in [2.05, 4.69) is 21.3 Å². The molecule has 2 aromatic rings. The first-order valence-corrected chi connectivity index (χ1v) is 11.5. The predicted octanol–water partition coefficient (Wildman–Crippen LogP) is 2.41. The maximum Gasteiger partial charge on any atom is 0.251 e. The van der Waals surface area contributed by atoms with Crippen LogP contribution in [-0.4, -0.2) is 63.8 Å². The van der Waals surface area contributed by atoms with Gasteiger partial charge in [-0.25, -0.2) is 0 Å². The highest BCUT2D eigenvalue weighted by Crippen LogP contribution is 2.14. The van der Waals surface area contributed by atoms with E-state index in [1.54, 1.807) is 55.6 Å². The zero-order chi connectivity index (χ0) is 24.2. The lowest BCUT2D eigenvalue weighted by atomic mass is 10.1. The van der Waals surface area contributed by atoms with Gasteiger partial charge >= 0.3 is 0 Å². The lowest BCUT2D eigenvalue weighted by Crippen LogP contribution is -2.31. The molecular weight excluding hydrogens is 436 g/mol. The van der Waals surface area contributed by atoms with Crippen molar-refractivity contribution in [3.8, 4) is 0 Å². The van der Waals surface area contributed by atoms with Gasteiger partial charge in [-0.2, -0.15) is 0 Å². The molecule has 1 unspecified atom stereocenters. The van der Waals surface area contributed by atoms with Crippen molar-refractivity contribution >= 4 is 29.1 Å².